The Morgan fingerprint density at radius 3 is 2.25 bits per heavy atom. The Morgan fingerprint density at radius 1 is 1.38 bits per heavy atom. The summed E-state index contributed by atoms with van der Waals surface area (Å²) in [6.07, 6.45) is 2.39. The fourth-order valence-corrected chi connectivity index (χ4v) is 2.88. The third kappa shape index (κ3) is 2.43. The highest BCUT2D eigenvalue weighted by Gasteiger charge is 2.52. The van der Waals surface area contributed by atoms with Gasteiger partial charge in [0.2, 0.25) is 0 Å². The van der Waals surface area contributed by atoms with Gasteiger partial charge in [0, 0.05) is 11.7 Å². The minimum atomic E-state index is -3.12. The Bertz CT molecular complexity index is 444. The van der Waals surface area contributed by atoms with Crippen molar-refractivity contribution in [3.8, 4) is 6.07 Å². The molecule has 16 heavy (non-hydrogen) atoms. The van der Waals surface area contributed by atoms with Crippen molar-refractivity contribution >= 4 is 15.6 Å². The van der Waals surface area contributed by atoms with Gasteiger partial charge in [0.1, 0.15) is 15.3 Å². The summed E-state index contributed by atoms with van der Waals surface area (Å²) in [7, 11) is -3.12. The van der Waals surface area contributed by atoms with Gasteiger partial charge >= 0.3 is 0 Å². The number of Topliss-reactive ketones (excluding diaryl/α,β-unsaturated/α-hetero) is 1. The molecule has 1 aliphatic carbocycles. The first-order valence-corrected chi connectivity index (χ1v) is 7.33. The van der Waals surface area contributed by atoms with Crippen molar-refractivity contribution in [2.24, 2.45) is 10.8 Å². The van der Waals surface area contributed by atoms with Crippen molar-refractivity contribution in [1.29, 1.82) is 5.26 Å². The first kappa shape index (κ1) is 13.2. The Hall–Kier alpha value is -0.890. The smallest absolute Gasteiger partial charge is 0.158 e. The molecule has 5 heteroatoms. The van der Waals surface area contributed by atoms with Crippen molar-refractivity contribution in [3.63, 3.8) is 0 Å². The molecule has 1 unspecified atom stereocenters. The number of carbonyl (C=O) groups is 1. The van der Waals surface area contributed by atoms with E-state index >= 15 is 0 Å². The minimum absolute atomic E-state index is 0.0949. The average Bonchev–Trinajstić information content (AvgIpc) is 2.38. The summed E-state index contributed by atoms with van der Waals surface area (Å²) in [5.41, 5.74) is -1.57. The summed E-state index contributed by atoms with van der Waals surface area (Å²) in [5, 5.41) is 9.15. The molecule has 90 valence electrons. The third-order valence-electron chi connectivity index (χ3n) is 3.34. The summed E-state index contributed by atoms with van der Waals surface area (Å²) in [5.74, 6) is -0.200. The number of nitriles is 1. The molecule has 1 saturated carbocycles. The van der Waals surface area contributed by atoms with Gasteiger partial charge in [-0.05, 0) is 19.3 Å². The van der Waals surface area contributed by atoms with Crippen LogP contribution in [0.2, 0.25) is 0 Å². The SMILES string of the molecule is CC1(C)CCC(C#N)(CCS(C)(=O)=O)C1=O. The van der Waals surface area contributed by atoms with E-state index in [1.54, 1.807) is 0 Å². The zero-order valence-corrected chi connectivity index (χ0v) is 10.7. The molecule has 0 heterocycles. The van der Waals surface area contributed by atoms with Gasteiger partial charge in [-0.15, -0.1) is 0 Å². The number of nitrogens with zero attached hydrogens (tertiary/aromatic N) is 1. The van der Waals surface area contributed by atoms with E-state index in [9.17, 15) is 13.2 Å². The van der Waals surface area contributed by atoms with E-state index in [1.165, 1.54) is 0 Å². The van der Waals surface area contributed by atoms with Gasteiger partial charge < -0.3 is 0 Å². The molecule has 0 aliphatic heterocycles. The molecule has 0 bridgehead atoms. The Balaban J connectivity index is 2.91. The van der Waals surface area contributed by atoms with E-state index in [-0.39, 0.29) is 18.0 Å². The molecule has 0 radical (unpaired) electrons. The predicted molar refractivity (Wildman–Crippen MR) is 60.4 cm³/mol. The Labute approximate surface area is 96.6 Å². The summed E-state index contributed by atoms with van der Waals surface area (Å²) in [4.78, 5) is 12.1. The van der Waals surface area contributed by atoms with Crippen molar-refractivity contribution in [2.45, 2.75) is 33.1 Å². The monoisotopic (exact) mass is 243 g/mol. The van der Waals surface area contributed by atoms with Crippen LogP contribution in [0.15, 0.2) is 0 Å². The summed E-state index contributed by atoms with van der Waals surface area (Å²) < 4.78 is 22.2. The maximum absolute atomic E-state index is 12.1. The van der Waals surface area contributed by atoms with Crippen LogP contribution in [0.4, 0.5) is 0 Å². The van der Waals surface area contributed by atoms with Crippen LogP contribution in [0.1, 0.15) is 33.1 Å². The average molecular weight is 243 g/mol. The van der Waals surface area contributed by atoms with Crippen LogP contribution in [-0.2, 0) is 14.6 Å². The Morgan fingerprint density at radius 2 is 1.94 bits per heavy atom. The highest BCUT2D eigenvalue weighted by atomic mass is 32.2. The predicted octanol–water partition coefficient (Wildman–Crippen LogP) is 1.32. The lowest BCUT2D eigenvalue weighted by molar-refractivity contribution is -0.130. The molecule has 0 amide bonds. The number of hydrogen-bond donors (Lipinski definition) is 0. The fraction of sp³-hybridized carbons (Fsp3) is 0.818. The summed E-state index contributed by atoms with van der Waals surface area (Å²) >= 11 is 0. The quantitative estimate of drug-likeness (QED) is 0.749. The zero-order chi connectivity index (χ0) is 12.6. The van der Waals surface area contributed by atoms with Gasteiger partial charge in [-0.2, -0.15) is 5.26 Å². The van der Waals surface area contributed by atoms with E-state index in [4.69, 9.17) is 5.26 Å². The normalized spacial score (nSPS) is 29.0. The number of sulfone groups is 1. The lowest BCUT2D eigenvalue weighted by Crippen LogP contribution is -2.32. The molecule has 1 fully saturated rings. The first-order valence-electron chi connectivity index (χ1n) is 5.27. The molecule has 1 atom stereocenters. The second-order valence-electron chi connectivity index (χ2n) is 5.29. The van der Waals surface area contributed by atoms with Crippen LogP contribution < -0.4 is 0 Å². The van der Waals surface area contributed by atoms with Gasteiger partial charge in [0.15, 0.2) is 5.78 Å². The van der Waals surface area contributed by atoms with E-state index < -0.39 is 20.7 Å². The molecule has 0 aromatic heterocycles. The fourth-order valence-electron chi connectivity index (χ4n) is 2.16. The molecule has 4 nitrogen and oxygen atoms in total. The number of carbonyl (C=O) groups excluding carboxylic acids is 1. The summed E-state index contributed by atoms with van der Waals surface area (Å²) in [6, 6.07) is 2.04. The molecule has 0 saturated heterocycles. The van der Waals surface area contributed by atoms with Gasteiger partial charge in [-0.3, -0.25) is 4.79 Å². The Kier molecular flexibility index (Phi) is 3.17. The molecule has 0 spiro atoms. The van der Waals surface area contributed by atoms with Gasteiger partial charge in [0.25, 0.3) is 0 Å². The van der Waals surface area contributed by atoms with Crippen LogP contribution >= 0.6 is 0 Å². The highest BCUT2D eigenvalue weighted by Crippen LogP contribution is 2.47. The van der Waals surface area contributed by atoms with Crippen molar-refractivity contribution in [3.05, 3.63) is 0 Å². The minimum Gasteiger partial charge on any atom is -0.297 e. The number of rotatable bonds is 3. The second-order valence-corrected chi connectivity index (χ2v) is 7.55. The molecule has 0 aromatic rings. The lowest BCUT2D eigenvalue weighted by atomic mass is 9.79. The van der Waals surface area contributed by atoms with E-state index in [2.05, 4.69) is 0 Å². The molecular weight excluding hydrogens is 226 g/mol. The van der Waals surface area contributed by atoms with E-state index in [0.29, 0.717) is 12.8 Å². The summed E-state index contributed by atoms with van der Waals surface area (Å²) in [6.45, 7) is 3.63. The van der Waals surface area contributed by atoms with Crippen molar-refractivity contribution in [1.82, 2.24) is 0 Å². The first-order chi connectivity index (χ1) is 7.13. The molecular formula is C11H17NO3S. The van der Waals surface area contributed by atoms with Gasteiger partial charge in [0.05, 0.1) is 11.8 Å². The molecule has 1 rings (SSSR count). The van der Waals surface area contributed by atoms with Crippen LogP contribution in [0.25, 0.3) is 0 Å². The van der Waals surface area contributed by atoms with Crippen LogP contribution in [0.3, 0.4) is 0 Å². The van der Waals surface area contributed by atoms with E-state index in [1.807, 2.05) is 19.9 Å². The lowest BCUT2D eigenvalue weighted by Gasteiger charge is -2.21. The van der Waals surface area contributed by atoms with Gasteiger partial charge in [-0.25, -0.2) is 8.42 Å². The maximum atomic E-state index is 12.1. The second kappa shape index (κ2) is 3.85. The van der Waals surface area contributed by atoms with Crippen LogP contribution in [0.5, 0.6) is 0 Å². The molecule has 1 aliphatic rings. The zero-order valence-electron chi connectivity index (χ0n) is 9.91. The van der Waals surface area contributed by atoms with Crippen LogP contribution in [0, 0.1) is 22.2 Å². The number of ketones is 1. The standard InChI is InChI=1S/C11H17NO3S/c1-10(2)4-5-11(8-12,9(10)13)6-7-16(3,14)15/h4-7H2,1-3H3. The van der Waals surface area contributed by atoms with Crippen molar-refractivity contribution < 1.29 is 13.2 Å². The van der Waals surface area contributed by atoms with Gasteiger partial charge in [-0.1, -0.05) is 13.8 Å². The van der Waals surface area contributed by atoms with Crippen LogP contribution in [-0.4, -0.2) is 26.2 Å². The molecule has 0 aromatic carbocycles. The maximum Gasteiger partial charge on any atom is 0.158 e. The number of hydrogen-bond acceptors (Lipinski definition) is 4. The highest BCUT2D eigenvalue weighted by molar-refractivity contribution is 7.90. The third-order valence-corrected chi connectivity index (χ3v) is 4.29. The van der Waals surface area contributed by atoms with Crippen molar-refractivity contribution in [2.75, 3.05) is 12.0 Å². The van der Waals surface area contributed by atoms with E-state index in [0.717, 1.165) is 6.26 Å². The molecule has 0 N–H and O–H groups in total. The largest absolute Gasteiger partial charge is 0.297 e. The topological polar surface area (TPSA) is 75.0 Å².